The van der Waals surface area contributed by atoms with E-state index in [1.165, 1.54) is 0 Å². The van der Waals surface area contributed by atoms with Crippen LogP contribution in [0, 0.1) is 11.3 Å². The maximum absolute atomic E-state index is 8.84. The summed E-state index contributed by atoms with van der Waals surface area (Å²) in [5.74, 6) is 1.18. The Morgan fingerprint density at radius 2 is 2.05 bits per heavy atom. The van der Waals surface area contributed by atoms with Gasteiger partial charge in [-0.2, -0.15) is 5.26 Å². The van der Waals surface area contributed by atoms with Crippen molar-refractivity contribution in [3.63, 3.8) is 0 Å². The Bertz CT molecular complexity index is 570. The first kappa shape index (κ1) is 13.6. The van der Waals surface area contributed by atoms with E-state index in [2.05, 4.69) is 24.9 Å². The second kappa shape index (κ2) is 6.35. The van der Waals surface area contributed by atoms with Gasteiger partial charge in [0, 0.05) is 4.88 Å². The van der Waals surface area contributed by atoms with Crippen LogP contribution in [0.2, 0.25) is 0 Å². The lowest BCUT2D eigenvalue weighted by Gasteiger charge is -2.03. The second-order valence-electron chi connectivity index (χ2n) is 4.51. The molecular weight excluding hydrogens is 256 g/mol. The Hall–Kier alpha value is -1.86. The molecule has 0 aliphatic rings. The first-order valence-corrected chi connectivity index (χ1v) is 7.05. The van der Waals surface area contributed by atoms with Crippen LogP contribution in [0.1, 0.15) is 35.3 Å². The SMILES string of the molecule is CC(C)c1nc(COc2ccccc2)sc1CC#N. The molecule has 98 valence electrons. The van der Waals surface area contributed by atoms with Crippen molar-refractivity contribution in [2.45, 2.75) is 32.8 Å². The van der Waals surface area contributed by atoms with Crippen molar-refractivity contribution < 1.29 is 4.74 Å². The van der Waals surface area contributed by atoms with Crippen LogP contribution >= 0.6 is 11.3 Å². The van der Waals surface area contributed by atoms with Gasteiger partial charge in [-0.25, -0.2) is 4.98 Å². The molecule has 0 amide bonds. The molecule has 0 spiro atoms. The van der Waals surface area contributed by atoms with E-state index in [1.807, 2.05) is 30.3 Å². The molecule has 0 bridgehead atoms. The van der Waals surface area contributed by atoms with Gasteiger partial charge in [-0.15, -0.1) is 11.3 Å². The van der Waals surface area contributed by atoms with E-state index in [1.54, 1.807) is 11.3 Å². The highest BCUT2D eigenvalue weighted by Gasteiger charge is 2.14. The average Bonchev–Trinajstić information content (AvgIpc) is 2.81. The van der Waals surface area contributed by atoms with Crippen LogP contribution in [0.4, 0.5) is 0 Å². The lowest BCUT2D eigenvalue weighted by atomic mass is 10.1. The van der Waals surface area contributed by atoms with Gasteiger partial charge in [-0.05, 0) is 18.1 Å². The number of thiazole rings is 1. The van der Waals surface area contributed by atoms with Gasteiger partial charge in [0.2, 0.25) is 0 Å². The number of ether oxygens (including phenoxy) is 1. The molecule has 4 heteroatoms. The van der Waals surface area contributed by atoms with Crippen molar-refractivity contribution in [2.75, 3.05) is 0 Å². The summed E-state index contributed by atoms with van der Waals surface area (Å²) in [5.41, 5.74) is 1.03. The number of rotatable bonds is 5. The number of para-hydroxylation sites is 1. The van der Waals surface area contributed by atoms with E-state index < -0.39 is 0 Å². The number of nitrogens with zero attached hydrogens (tertiary/aromatic N) is 2. The Morgan fingerprint density at radius 1 is 1.32 bits per heavy atom. The van der Waals surface area contributed by atoms with Gasteiger partial charge in [0.15, 0.2) is 0 Å². The number of nitriles is 1. The van der Waals surface area contributed by atoms with Crippen molar-refractivity contribution in [1.29, 1.82) is 5.26 Å². The Balaban J connectivity index is 2.09. The van der Waals surface area contributed by atoms with Gasteiger partial charge in [0.25, 0.3) is 0 Å². The third-order valence-corrected chi connectivity index (χ3v) is 3.71. The highest BCUT2D eigenvalue weighted by Crippen LogP contribution is 2.26. The van der Waals surface area contributed by atoms with Gasteiger partial charge in [0.1, 0.15) is 17.4 Å². The summed E-state index contributed by atoms with van der Waals surface area (Å²) >= 11 is 1.57. The molecule has 0 atom stereocenters. The molecule has 2 aromatic rings. The Kier molecular flexibility index (Phi) is 4.53. The first-order valence-electron chi connectivity index (χ1n) is 6.24. The summed E-state index contributed by atoms with van der Waals surface area (Å²) in [6.45, 7) is 4.65. The first-order chi connectivity index (χ1) is 9.20. The molecule has 0 saturated carbocycles. The molecule has 1 aromatic heterocycles. The van der Waals surface area contributed by atoms with Crippen LogP contribution in [0.5, 0.6) is 5.75 Å². The van der Waals surface area contributed by atoms with Gasteiger partial charge in [-0.3, -0.25) is 0 Å². The number of aromatic nitrogens is 1. The molecule has 0 N–H and O–H groups in total. The molecule has 3 nitrogen and oxygen atoms in total. The van der Waals surface area contributed by atoms with E-state index in [-0.39, 0.29) is 0 Å². The normalized spacial score (nSPS) is 10.4. The molecule has 2 rings (SSSR count). The van der Waals surface area contributed by atoms with Crippen molar-refractivity contribution in [2.24, 2.45) is 0 Å². The molecule has 1 heterocycles. The molecule has 0 fully saturated rings. The zero-order chi connectivity index (χ0) is 13.7. The van der Waals surface area contributed by atoms with E-state index >= 15 is 0 Å². The van der Waals surface area contributed by atoms with E-state index in [0.29, 0.717) is 18.9 Å². The van der Waals surface area contributed by atoms with Crippen LogP contribution in [0.15, 0.2) is 30.3 Å². The molecule has 0 radical (unpaired) electrons. The van der Waals surface area contributed by atoms with Crippen molar-refractivity contribution in [1.82, 2.24) is 4.98 Å². The van der Waals surface area contributed by atoms with Crippen LogP contribution in [-0.4, -0.2) is 4.98 Å². The van der Waals surface area contributed by atoms with E-state index in [9.17, 15) is 0 Å². The highest BCUT2D eigenvalue weighted by molar-refractivity contribution is 7.11. The predicted octanol–water partition coefficient (Wildman–Crippen LogP) is 3.91. The van der Waals surface area contributed by atoms with Crippen LogP contribution in [0.3, 0.4) is 0 Å². The monoisotopic (exact) mass is 272 g/mol. The smallest absolute Gasteiger partial charge is 0.140 e. The molecule has 0 unspecified atom stereocenters. The van der Waals surface area contributed by atoms with Crippen LogP contribution < -0.4 is 4.74 Å². The fraction of sp³-hybridized carbons (Fsp3) is 0.333. The summed E-state index contributed by atoms with van der Waals surface area (Å²) in [6, 6.07) is 11.9. The number of benzene rings is 1. The Labute approximate surface area is 117 Å². The molecule has 1 aromatic carbocycles. The summed E-state index contributed by atoms with van der Waals surface area (Å²) in [7, 11) is 0. The summed E-state index contributed by atoms with van der Waals surface area (Å²) in [6.07, 6.45) is 0.427. The molecule has 0 aliphatic carbocycles. The fourth-order valence-electron chi connectivity index (χ4n) is 1.79. The second-order valence-corrected chi connectivity index (χ2v) is 5.68. The largest absolute Gasteiger partial charge is 0.486 e. The summed E-state index contributed by atoms with van der Waals surface area (Å²) in [5, 5.41) is 9.77. The number of hydrogen-bond acceptors (Lipinski definition) is 4. The lowest BCUT2D eigenvalue weighted by molar-refractivity contribution is 0.305. The zero-order valence-electron chi connectivity index (χ0n) is 11.1. The van der Waals surface area contributed by atoms with Gasteiger partial charge < -0.3 is 4.74 Å². The highest BCUT2D eigenvalue weighted by atomic mass is 32.1. The number of hydrogen-bond donors (Lipinski definition) is 0. The maximum Gasteiger partial charge on any atom is 0.140 e. The minimum absolute atomic E-state index is 0.338. The zero-order valence-corrected chi connectivity index (χ0v) is 11.9. The summed E-state index contributed by atoms with van der Waals surface area (Å²) in [4.78, 5) is 5.65. The third kappa shape index (κ3) is 3.55. The standard InChI is InChI=1S/C15H16N2OS/c1-11(2)15-13(8-9-16)19-14(17-15)10-18-12-6-4-3-5-7-12/h3-7,11H,8,10H2,1-2H3. The minimum Gasteiger partial charge on any atom is -0.486 e. The van der Waals surface area contributed by atoms with Crippen molar-refractivity contribution >= 4 is 11.3 Å². The molecule has 0 aliphatic heterocycles. The van der Waals surface area contributed by atoms with Crippen LogP contribution in [-0.2, 0) is 13.0 Å². The Morgan fingerprint density at radius 3 is 2.68 bits per heavy atom. The molecular formula is C15H16N2OS. The predicted molar refractivity (Wildman–Crippen MR) is 76.3 cm³/mol. The fourth-order valence-corrected chi connectivity index (χ4v) is 2.86. The van der Waals surface area contributed by atoms with Gasteiger partial charge >= 0.3 is 0 Å². The molecule has 0 saturated heterocycles. The third-order valence-electron chi connectivity index (χ3n) is 2.66. The van der Waals surface area contributed by atoms with Crippen molar-refractivity contribution in [3.05, 3.63) is 45.9 Å². The van der Waals surface area contributed by atoms with Crippen molar-refractivity contribution in [3.8, 4) is 11.8 Å². The maximum atomic E-state index is 8.84. The molecule has 19 heavy (non-hydrogen) atoms. The van der Waals surface area contributed by atoms with Crippen LogP contribution in [0.25, 0.3) is 0 Å². The van der Waals surface area contributed by atoms with E-state index in [0.717, 1.165) is 21.3 Å². The average molecular weight is 272 g/mol. The van der Waals surface area contributed by atoms with Gasteiger partial charge in [0.05, 0.1) is 18.2 Å². The minimum atomic E-state index is 0.338. The van der Waals surface area contributed by atoms with E-state index in [4.69, 9.17) is 10.00 Å². The summed E-state index contributed by atoms with van der Waals surface area (Å²) < 4.78 is 5.68. The van der Waals surface area contributed by atoms with Gasteiger partial charge in [-0.1, -0.05) is 32.0 Å². The topological polar surface area (TPSA) is 45.9 Å². The lowest BCUT2D eigenvalue weighted by Crippen LogP contribution is -1.96. The quantitative estimate of drug-likeness (QED) is 0.829.